The van der Waals surface area contributed by atoms with Gasteiger partial charge in [0.2, 0.25) is 11.8 Å². The van der Waals surface area contributed by atoms with Crippen LogP contribution in [-0.2, 0) is 22.6 Å². The Labute approximate surface area is 158 Å². The predicted octanol–water partition coefficient (Wildman–Crippen LogP) is 2.71. The molecular formula is C21H22N2O4. The Bertz CT molecular complexity index is 909. The highest BCUT2D eigenvalue weighted by atomic mass is 16.5. The van der Waals surface area contributed by atoms with Crippen LogP contribution in [-0.4, -0.2) is 37.5 Å². The third-order valence-electron chi connectivity index (χ3n) is 5.33. The van der Waals surface area contributed by atoms with Crippen LogP contribution in [0.2, 0.25) is 0 Å². The average Bonchev–Trinajstić information content (AvgIpc) is 2.71. The quantitative estimate of drug-likeness (QED) is 0.907. The molecule has 0 aromatic heterocycles. The molecule has 2 aromatic rings. The Balaban J connectivity index is 1.61. The maximum atomic E-state index is 13.2. The first-order chi connectivity index (χ1) is 13.1. The molecule has 1 unspecified atom stereocenters. The standard InChI is InChI=1S/C21H22N2O4/c1-26-18-9-13-7-8-23(12-14(13)10-19(18)27-2)21(25)16-11-20(24)22-17-6-4-3-5-15(16)17/h3-6,9-10,16H,7-8,11-12H2,1-2H3,(H,22,24). The lowest BCUT2D eigenvalue weighted by molar-refractivity contribution is -0.135. The third-order valence-corrected chi connectivity index (χ3v) is 5.33. The fraction of sp³-hybridized carbons (Fsp3) is 0.333. The zero-order valence-corrected chi connectivity index (χ0v) is 15.5. The van der Waals surface area contributed by atoms with Crippen molar-refractivity contribution in [2.75, 3.05) is 26.1 Å². The number of rotatable bonds is 3. The van der Waals surface area contributed by atoms with E-state index in [2.05, 4.69) is 5.32 Å². The molecule has 0 radical (unpaired) electrons. The molecule has 0 spiro atoms. The summed E-state index contributed by atoms with van der Waals surface area (Å²) in [5.74, 6) is 0.812. The number of amides is 2. The van der Waals surface area contributed by atoms with E-state index in [0.717, 1.165) is 23.2 Å². The van der Waals surface area contributed by atoms with Crippen molar-refractivity contribution < 1.29 is 19.1 Å². The Morgan fingerprint density at radius 3 is 2.56 bits per heavy atom. The minimum atomic E-state index is -0.434. The molecule has 1 N–H and O–H groups in total. The van der Waals surface area contributed by atoms with Crippen LogP contribution in [0, 0.1) is 0 Å². The number of nitrogens with one attached hydrogen (secondary N) is 1. The van der Waals surface area contributed by atoms with Gasteiger partial charge in [-0.1, -0.05) is 18.2 Å². The van der Waals surface area contributed by atoms with Gasteiger partial charge in [-0.2, -0.15) is 0 Å². The van der Waals surface area contributed by atoms with Crippen LogP contribution in [0.3, 0.4) is 0 Å². The van der Waals surface area contributed by atoms with E-state index in [9.17, 15) is 9.59 Å². The zero-order chi connectivity index (χ0) is 19.0. The van der Waals surface area contributed by atoms with Crippen LogP contribution in [0.25, 0.3) is 0 Å². The summed E-state index contributed by atoms with van der Waals surface area (Å²) in [5.41, 5.74) is 3.84. The normalized spacial score (nSPS) is 18.2. The molecule has 0 saturated carbocycles. The van der Waals surface area contributed by atoms with E-state index in [1.54, 1.807) is 14.2 Å². The maximum absolute atomic E-state index is 13.2. The summed E-state index contributed by atoms with van der Waals surface area (Å²) in [7, 11) is 3.22. The molecule has 0 bridgehead atoms. The average molecular weight is 366 g/mol. The summed E-state index contributed by atoms with van der Waals surface area (Å²) < 4.78 is 10.8. The van der Waals surface area contributed by atoms with E-state index in [4.69, 9.17) is 9.47 Å². The number of nitrogens with zero attached hydrogens (tertiary/aromatic N) is 1. The lowest BCUT2D eigenvalue weighted by atomic mass is 9.88. The van der Waals surface area contributed by atoms with Crippen molar-refractivity contribution in [3.8, 4) is 11.5 Å². The van der Waals surface area contributed by atoms with Gasteiger partial charge in [0.05, 0.1) is 20.1 Å². The van der Waals surface area contributed by atoms with Gasteiger partial charge in [-0.05, 0) is 41.3 Å². The lowest BCUT2D eigenvalue weighted by Crippen LogP contribution is -2.41. The zero-order valence-electron chi connectivity index (χ0n) is 15.5. The highest BCUT2D eigenvalue weighted by Gasteiger charge is 2.34. The topological polar surface area (TPSA) is 67.9 Å². The molecule has 2 heterocycles. The maximum Gasteiger partial charge on any atom is 0.231 e. The number of hydrogen-bond donors (Lipinski definition) is 1. The Morgan fingerprint density at radius 2 is 1.81 bits per heavy atom. The number of carbonyl (C=O) groups excluding carboxylic acids is 2. The largest absolute Gasteiger partial charge is 0.493 e. The van der Waals surface area contributed by atoms with Crippen molar-refractivity contribution in [3.63, 3.8) is 0 Å². The Morgan fingerprint density at radius 1 is 1.11 bits per heavy atom. The van der Waals surface area contributed by atoms with Crippen LogP contribution < -0.4 is 14.8 Å². The van der Waals surface area contributed by atoms with Crippen LogP contribution >= 0.6 is 0 Å². The molecular weight excluding hydrogens is 344 g/mol. The fourth-order valence-corrected chi connectivity index (χ4v) is 3.92. The lowest BCUT2D eigenvalue weighted by Gasteiger charge is -2.34. The minimum Gasteiger partial charge on any atom is -0.493 e. The van der Waals surface area contributed by atoms with E-state index in [0.29, 0.717) is 24.6 Å². The van der Waals surface area contributed by atoms with Crippen LogP contribution in [0.5, 0.6) is 11.5 Å². The molecule has 2 aliphatic heterocycles. The van der Waals surface area contributed by atoms with Gasteiger partial charge in [-0.15, -0.1) is 0 Å². The van der Waals surface area contributed by atoms with E-state index >= 15 is 0 Å². The molecule has 2 aliphatic rings. The summed E-state index contributed by atoms with van der Waals surface area (Å²) in [4.78, 5) is 27.1. The molecule has 4 rings (SSSR count). The molecule has 27 heavy (non-hydrogen) atoms. The summed E-state index contributed by atoms with van der Waals surface area (Å²) in [6.07, 6.45) is 0.938. The minimum absolute atomic E-state index is 0.00210. The molecule has 140 valence electrons. The molecule has 1 atom stereocenters. The number of para-hydroxylation sites is 1. The second-order valence-electron chi connectivity index (χ2n) is 6.88. The van der Waals surface area contributed by atoms with Crippen molar-refractivity contribution in [1.29, 1.82) is 0 Å². The monoisotopic (exact) mass is 366 g/mol. The predicted molar refractivity (Wildman–Crippen MR) is 101 cm³/mol. The van der Waals surface area contributed by atoms with Gasteiger partial charge < -0.3 is 19.7 Å². The summed E-state index contributed by atoms with van der Waals surface area (Å²) in [6.45, 7) is 1.14. The first-order valence-corrected chi connectivity index (χ1v) is 9.02. The van der Waals surface area contributed by atoms with Gasteiger partial charge in [-0.3, -0.25) is 9.59 Å². The smallest absolute Gasteiger partial charge is 0.231 e. The number of anilines is 1. The van der Waals surface area contributed by atoms with Crippen molar-refractivity contribution >= 4 is 17.5 Å². The number of ether oxygens (including phenoxy) is 2. The van der Waals surface area contributed by atoms with Gasteiger partial charge in [-0.25, -0.2) is 0 Å². The van der Waals surface area contributed by atoms with Crippen molar-refractivity contribution in [3.05, 3.63) is 53.1 Å². The van der Waals surface area contributed by atoms with E-state index in [-0.39, 0.29) is 18.2 Å². The number of methoxy groups -OCH3 is 2. The number of fused-ring (bicyclic) bond motifs is 2. The second-order valence-corrected chi connectivity index (χ2v) is 6.88. The highest BCUT2D eigenvalue weighted by molar-refractivity contribution is 6.01. The van der Waals surface area contributed by atoms with Crippen molar-refractivity contribution in [2.45, 2.75) is 25.3 Å². The van der Waals surface area contributed by atoms with Crippen molar-refractivity contribution in [1.82, 2.24) is 4.90 Å². The number of benzene rings is 2. The third kappa shape index (κ3) is 3.12. The number of carbonyl (C=O) groups is 2. The second kappa shape index (κ2) is 6.95. The van der Waals surface area contributed by atoms with Crippen LogP contribution in [0.15, 0.2) is 36.4 Å². The fourth-order valence-electron chi connectivity index (χ4n) is 3.92. The van der Waals surface area contributed by atoms with E-state index in [1.165, 1.54) is 5.56 Å². The van der Waals surface area contributed by atoms with Gasteiger partial charge in [0.15, 0.2) is 11.5 Å². The van der Waals surface area contributed by atoms with Gasteiger partial charge >= 0.3 is 0 Å². The summed E-state index contributed by atoms with van der Waals surface area (Å²) >= 11 is 0. The van der Waals surface area contributed by atoms with Gasteiger partial charge in [0, 0.05) is 25.2 Å². The first kappa shape index (κ1) is 17.4. The molecule has 6 heteroatoms. The summed E-state index contributed by atoms with van der Waals surface area (Å²) in [6, 6.07) is 11.5. The van der Waals surface area contributed by atoms with Gasteiger partial charge in [0.1, 0.15) is 0 Å². The Hall–Kier alpha value is -3.02. The first-order valence-electron chi connectivity index (χ1n) is 9.02. The SMILES string of the molecule is COc1cc2c(cc1OC)CN(C(=O)C1CC(=O)Nc3ccccc31)CC2. The highest BCUT2D eigenvalue weighted by Crippen LogP contribution is 2.36. The van der Waals surface area contributed by atoms with E-state index < -0.39 is 5.92 Å². The molecule has 6 nitrogen and oxygen atoms in total. The number of hydrogen-bond acceptors (Lipinski definition) is 4. The van der Waals surface area contributed by atoms with Crippen LogP contribution in [0.4, 0.5) is 5.69 Å². The molecule has 0 fully saturated rings. The molecule has 2 aromatic carbocycles. The summed E-state index contributed by atoms with van der Waals surface area (Å²) in [5, 5.41) is 2.85. The molecule has 2 amide bonds. The Kier molecular flexibility index (Phi) is 4.48. The van der Waals surface area contributed by atoms with Crippen LogP contribution in [0.1, 0.15) is 29.0 Å². The van der Waals surface area contributed by atoms with E-state index in [1.807, 2.05) is 41.3 Å². The van der Waals surface area contributed by atoms with Crippen molar-refractivity contribution in [2.24, 2.45) is 0 Å². The molecule has 0 saturated heterocycles. The molecule has 0 aliphatic carbocycles. The van der Waals surface area contributed by atoms with Gasteiger partial charge in [0.25, 0.3) is 0 Å².